The second-order valence-electron chi connectivity index (χ2n) is 4.20. The largest absolute Gasteiger partial charge is 0.377 e. The first-order valence-electron chi connectivity index (χ1n) is 5.58. The summed E-state index contributed by atoms with van der Waals surface area (Å²) in [6, 6.07) is 6.79. The smallest absolute Gasteiger partial charge is 0.125 e. The Morgan fingerprint density at radius 2 is 2.12 bits per heavy atom. The van der Waals surface area contributed by atoms with Crippen LogP contribution in [0.1, 0.15) is 24.2 Å². The van der Waals surface area contributed by atoms with E-state index in [9.17, 15) is 4.39 Å². The number of aryl methyl sites for hydroxylation is 2. The van der Waals surface area contributed by atoms with Crippen LogP contribution in [0.15, 0.2) is 30.5 Å². The van der Waals surface area contributed by atoms with E-state index in [4.69, 9.17) is 0 Å². The van der Waals surface area contributed by atoms with Crippen LogP contribution in [0.5, 0.6) is 0 Å². The molecule has 1 aromatic carbocycles. The third-order valence-electron chi connectivity index (χ3n) is 2.87. The molecule has 17 heavy (non-hydrogen) atoms. The monoisotopic (exact) mass is 233 g/mol. The maximum atomic E-state index is 13.2. The van der Waals surface area contributed by atoms with Gasteiger partial charge in [-0.2, -0.15) is 5.10 Å². The predicted octanol–water partition coefficient (Wildman–Crippen LogP) is 3.04. The van der Waals surface area contributed by atoms with Crippen LogP contribution in [0.4, 0.5) is 10.1 Å². The Morgan fingerprint density at radius 3 is 2.76 bits per heavy atom. The van der Waals surface area contributed by atoms with Crippen molar-refractivity contribution in [1.82, 2.24) is 9.78 Å². The molecule has 1 atom stereocenters. The lowest BCUT2D eigenvalue weighted by Crippen LogP contribution is -2.12. The van der Waals surface area contributed by atoms with Crippen LogP contribution in [-0.2, 0) is 7.05 Å². The Labute approximate surface area is 100 Å². The van der Waals surface area contributed by atoms with Crippen molar-refractivity contribution in [3.8, 4) is 0 Å². The molecule has 0 fully saturated rings. The highest BCUT2D eigenvalue weighted by atomic mass is 19.1. The third kappa shape index (κ3) is 2.46. The van der Waals surface area contributed by atoms with Gasteiger partial charge in [-0.15, -0.1) is 0 Å². The van der Waals surface area contributed by atoms with Crippen molar-refractivity contribution in [3.05, 3.63) is 47.5 Å². The lowest BCUT2D eigenvalue weighted by atomic mass is 10.1. The summed E-state index contributed by atoms with van der Waals surface area (Å²) in [6.45, 7) is 3.99. The molecule has 0 radical (unpaired) electrons. The fourth-order valence-corrected chi connectivity index (χ4v) is 1.87. The molecule has 0 saturated carbocycles. The van der Waals surface area contributed by atoms with Crippen molar-refractivity contribution in [2.75, 3.05) is 5.32 Å². The van der Waals surface area contributed by atoms with Crippen LogP contribution in [0, 0.1) is 12.7 Å². The zero-order valence-corrected chi connectivity index (χ0v) is 10.2. The normalized spacial score (nSPS) is 12.5. The van der Waals surface area contributed by atoms with Crippen molar-refractivity contribution in [2.24, 2.45) is 7.05 Å². The highest BCUT2D eigenvalue weighted by Crippen LogP contribution is 2.22. The Bertz CT molecular complexity index is 519. The average molecular weight is 233 g/mol. The summed E-state index contributed by atoms with van der Waals surface area (Å²) in [5, 5.41) is 7.42. The Hall–Kier alpha value is -1.84. The van der Waals surface area contributed by atoms with Crippen LogP contribution < -0.4 is 5.32 Å². The molecule has 1 N–H and O–H groups in total. The first-order valence-corrected chi connectivity index (χ1v) is 5.58. The topological polar surface area (TPSA) is 29.9 Å². The molecule has 3 nitrogen and oxygen atoms in total. The molecule has 1 unspecified atom stereocenters. The van der Waals surface area contributed by atoms with E-state index < -0.39 is 0 Å². The predicted molar refractivity (Wildman–Crippen MR) is 66.4 cm³/mol. The second-order valence-corrected chi connectivity index (χ2v) is 4.20. The quantitative estimate of drug-likeness (QED) is 0.883. The van der Waals surface area contributed by atoms with E-state index in [1.807, 2.05) is 31.6 Å². The van der Waals surface area contributed by atoms with Crippen LogP contribution in [-0.4, -0.2) is 9.78 Å². The fourth-order valence-electron chi connectivity index (χ4n) is 1.87. The summed E-state index contributed by atoms with van der Waals surface area (Å²) in [6.07, 6.45) is 1.76. The van der Waals surface area contributed by atoms with Gasteiger partial charge < -0.3 is 5.32 Å². The summed E-state index contributed by atoms with van der Waals surface area (Å²) >= 11 is 0. The van der Waals surface area contributed by atoms with Gasteiger partial charge in [0.15, 0.2) is 0 Å². The Kier molecular flexibility index (Phi) is 3.13. The molecule has 1 heterocycles. The van der Waals surface area contributed by atoms with E-state index in [0.29, 0.717) is 0 Å². The van der Waals surface area contributed by atoms with Crippen LogP contribution >= 0.6 is 0 Å². The van der Waals surface area contributed by atoms with Crippen molar-refractivity contribution in [2.45, 2.75) is 19.9 Å². The molecule has 0 aliphatic rings. The number of aromatic nitrogens is 2. The molecule has 0 saturated heterocycles. The number of nitrogens with one attached hydrogen (secondary N) is 1. The van der Waals surface area contributed by atoms with E-state index in [1.165, 1.54) is 12.1 Å². The zero-order chi connectivity index (χ0) is 12.4. The molecule has 0 spiro atoms. The van der Waals surface area contributed by atoms with Gasteiger partial charge in [-0.1, -0.05) is 6.07 Å². The molecule has 2 rings (SSSR count). The number of hydrogen-bond donors (Lipinski definition) is 1. The summed E-state index contributed by atoms with van der Waals surface area (Å²) in [5.74, 6) is -0.227. The van der Waals surface area contributed by atoms with Gasteiger partial charge in [0, 0.05) is 18.9 Å². The molecule has 0 aliphatic carbocycles. The fraction of sp³-hybridized carbons (Fsp3) is 0.308. The molecule has 2 aromatic rings. The van der Waals surface area contributed by atoms with Gasteiger partial charge in [-0.3, -0.25) is 4.68 Å². The van der Waals surface area contributed by atoms with Crippen LogP contribution in [0.25, 0.3) is 0 Å². The number of anilines is 1. The summed E-state index contributed by atoms with van der Waals surface area (Å²) in [4.78, 5) is 0. The Balaban J connectivity index is 2.21. The van der Waals surface area contributed by atoms with Gasteiger partial charge in [0.2, 0.25) is 0 Å². The van der Waals surface area contributed by atoms with Crippen molar-refractivity contribution in [3.63, 3.8) is 0 Å². The molecule has 1 aromatic heterocycles. The van der Waals surface area contributed by atoms with E-state index in [1.54, 1.807) is 12.3 Å². The molecule has 0 aliphatic heterocycles. The van der Waals surface area contributed by atoms with Crippen molar-refractivity contribution >= 4 is 5.69 Å². The SMILES string of the molecule is Cc1ccc(F)cc1NC(C)c1ccnn1C. The minimum Gasteiger partial charge on any atom is -0.377 e. The Morgan fingerprint density at radius 1 is 1.35 bits per heavy atom. The summed E-state index contributed by atoms with van der Waals surface area (Å²) in [7, 11) is 1.89. The van der Waals surface area contributed by atoms with Gasteiger partial charge in [0.25, 0.3) is 0 Å². The average Bonchev–Trinajstić information content (AvgIpc) is 2.70. The minimum absolute atomic E-state index is 0.0861. The van der Waals surface area contributed by atoms with Gasteiger partial charge in [-0.25, -0.2) is 4.39 Å². The van der Waals surface area contributed by atoms with Gasteiger partial charge in [0.1, 0.15) is 5.82 Å². The number of benzene rings is 1. The molecule has 90 valence electrons. The van der Waals surface area contributed by atoms with Crippen LogP contribution in [0.2, 0.25) is 0 Å². The zero-order valence-electron chi connectivity index (χ0n) is 10.2. The standard InChI is InChI=1S/C13H16FN3/c1-9-4-5-11(14)8-12(9)16-10(2)13-6-7-15-17(13)3/h4-8,10,16H,1-3H3. The molecule has 0 amide bonds. The molecule has 0 bridgehead atoms. The van der Waals surface area contributed by atoms with Gasteiger partial charge in [0.05, 0.1) is 11.7 Å². The lowest BCUT2D eigenvalue weighted by molar-refractivity contribution is 0.626. The number of rotatable bonds is 3. The van der Waals surface area contributed by atoms with E-state index in [2.05, 4.69) is 10.4 Å². The second kappa shape index (κ2) is 4.57. The van der Waals surface area contributed by atoms with E-state index >= 15 is 0 Å². The van der Waals surface area contributed by atoms with E-state index in [0.717, 1.165) is 16.9 Å². The summed E-state index contributed by atoms with van der Waals surface area (Å²) in [5.41, 5.74) is 2.91. The number of halogens is 1. The first-order chi connectivity index (χ1) is 8.08. The van der Waals surface area contributed by atoms with E-state index in [-0.39, 0.29) is 11.9 Å². The maximum Gasteiger partial charge on any atom is 0.125 e. The first kappa shape index (κ1) is 11.6. The highest BCUT2D eigenvalue weighted by Gasteiger charge is 2.10. The lowest BCUT2D eigenvalue weighted by Gasteiger charge is -2.17. The minimum atomic E-state index is -0.227. The number of nitrogens with zero attached hydrogens (tertiary/aromatic N) is 2. The maximum absolute atomic E-state index is 13.2. The third-order valence-corrected chi connectivity index (χ3v) is 2.87. The van der Waals surface area contributed by atoms with Crippen LogP contribution in [0.3, 0.4) is 0 Å². The highest BCUT2D eigenvalue weighted by molar-refractivity contribution is 5.51. The molecular formula is C13H16FN3. The molecular weight excluding hydrogens is 217 g/mol. The van der Waals surface area contributed by atoms with Gasteiger partial charge >= 0.3 is 0 Å². The number of hydrogen-bond acceptors (Lipinski definition) is 2. The van der Waals surface area contributed by atoms with Gasteiger partial charge in [-0.05, 0) is 37.6 Å². The van der Waals surface area contributed by atoms with Crippen molar-refractivity contribution < 1.29 is 4.39 Å². The molecule has 4 heteroatoms. The van der Waals surface area contributed by atoms with Crippen molar-refractivity contribution in [1.29, 1.82) is 0 Å². The summed E-state index contributed by atoms with van der Waals surface area (Å²) < 4.78 is 15.0.